The molecule has 1 unspecified atom stereocenters. The molecule has 0 heterocycles. The summed E-state index contributed by atoms with van der Waals surface area (Å²) >= 11 is 0. The fourth-order valence-electron chi connectivity index (χ4n) is 3.34. The zero-order valence-corrected chi connectivity index (χ0v) is 15.8. The lowest BCUT2D eigenvalue weighted by Gasteiger charge is -2.26. The second-order valence-electron chi connectivity index (χ2n) is 6.53. The van der Waals surface area contributed by atoms with Gasteiger partial charge >= 0.3 is 12.6 Å². The Morgan fingerprint density at radius 2 is 1.97 bits per heavy atom. The second kappa shape index (κ2) is 9.36. The zero-order valence-electron chi connectivity index (χ0n) is 15.8. The van der Waals surface area contributed by atoms with E-state index in [9.17, 15) is 18.4 Å². The smallest absolute Gasteiger partial charge is 0.387 e. The average Bonchev–Trinajstić information content (AvgIpc) is 2.72. The topological polar surface area (TPSA) is 73.9 Å². The fraction of sp³-hybridized carbons (Fsp3) is 0.333. The van der Waals surface area contributed by atoms with Gasteiger partial charge in [0.2, 0.25) is 0 Å². The minimum atomic E-state index is -3.02. The van der Waals surface area contributed by atoms with Crippen molar-refractivity contribution in [1.29, 1.82) is 0 Å². The summed E-state index contributed by atoms with van der Waals surface area (Å²) in [6.07, 6.45) is 2.76. The lowest BCUT2D eigenvalue weighted by molar-refractivity contribution is -0.125. The van der Waals surface area contributed by atoms with E-state index in [2.05, 4.69) is 10.1 Å². The van der Waals surface area contributed by atoms with Crippen molar-refractivity contribution in [3.8, 4) is 11.5 Å². The maximum absolute atomic E-state index is 12.4. The van der Waals surface area contributed by atoms with E-state index in [1.807, 2.05) is 24.3 Å². The Kier molecular flexibility index (Phi) is 6.64. The molecule has 1 amide bonds. The van der Waals surface area contributed by atoms with Gasteiger partial charge in [-0.2, -0.15) is 8.78 Å². The maximum atomic E-state index is 12.4. The van der Waals surface area contributed by atoms with Crippen LogP contribution in [0.4, 0.5) is 8.78 Å². The molecule has 29 heavy (non-hydrogen) atoms. The first-order valence-corrected chi connectivity index (χ1v) is 9.15. The fourth-order valence-corrected chi connectivity index (χ4v) is 3.34. The van der Waals surface area contributed by atoms with Crippen LogP contribution in [0, 0.1) is 0 Å². The summed E-state index contributed by atoms with van der Waals surface area (Å²) in [5.41, 5.74) is 2.34. The van der Waals surface area contributed by atoms with Crippen molar-refractivity contribution in [2.45, 2.75) is 31.9 Å². The summed E-state index contributed by atoms with van der Waals surface area (Å²) < 4.78 is 39.1. The second-order valence-corrected chi connectivity index (χ2v) is 6.53. The molecule has 1 N–H and O–H groups in total. The lowest BCUT2D eigenvalue weighted by Crippen LogP contribution is -2.34. The van der Waals surface area contributed by atoms with Crippen LogP contribution in [0.3, 0.4) is 0 Å². The molecule has 154 valence electrons. The largest absolute Gasteiger partial charge is 0.493 e. The highest BCUT2D eigenvalue weighted by Gasteiger charge is 2.22. The van der Waals surface area contributed by atoms with Crippen LogP contribution in [0.2, 0.25) is 0 Å². The Labute approximate surface area is 166 Å². The Hall–Kier alpha value is -3.16. The first-order chi connectivity index (χ1) is 14.0. The highest BCUT2D eigenvalue weighted by atomic mass is 19.3. The molecule has 8 heteroatoms. The van der Waals surface area contributed by atoms with Gasteiger partial charge < -0.3 is 19.5 Å². The van der Waals surface area contributed by atoms with Crippen molar-refractivity contribution < 1.29 is 32.6 Å². The number of alkyl halides is 2. The van der Waals surface area contributed by atoms with Gasteiger partial charge in [-0.05, 0) is 48.6 Å². The summed E-state index contributed by atoms with van der Waals surface area (Å²) in [6.45, 7) is -3.47. The number of ether oxygens (including phenoxy) is 3. The average molecular weight is 405 g/mol. The number of amides is 1. The van der Waals surface area contributed by atoms with Gasteiger partial charge in [0.05, 0.1) is 18.7 Å². The van der Waals surface area contributed by atoms with E-state index in [1.54, 1.807) is 0 Å². The number of carbonyl (C=O) groups is 2. The SMILES string of the molecule is COc1cc(C(=O)OCC(=O)NC2CCCc3ccccc32)ccc1OC(F)F. The standard InChI is InChI=1S/C21H21F2NO5/c1-27-18-11-14(9-10-17(18)29-21(22)23)20(26)28-12-19(25)24-16-8-4-6-13-5-2-3-7-15(13)16/h2-3,5,7,9-11,16,21H,4,6,8,12H2,1H3,(H,24,25). The van der Waals surface area contributed by atoms with Crippen LogP contribution in [-0.4, -0.2) is 32.2 Å². The van der Waals surface area contributed by atoms with Crippen molar-refractivity contribution in [3.63, 3.8) is 0 Å². The van der Waals surface area contributed by atoms with E-state index in [0.717, 1.165) is 24.8 Å². The maximum Gasteiger partial charge on any atom is 0.387 e. The summed E-state index contributed by atoms with van der Waals surface area (Å²) in [4.78, 5) is 24.4. The molecule has 0 aliphatic heterocycles. The van der Waals surface area contributed by atoms with Gasteiger partial charge in [0.25, 0.3) is 5.91 Å². The first kappa shape index (κ1) is 20.6. The molecule has 2 aromatic rings. The number of rotatable bonds is 7. The van der Waals surface area contributed by atoms with Crippen LogP contribution in [0.5, 0.6) is 11.5 Å². The van der Waals surface area contributed by atoms with Gasteiger partial charge in [-0.1, -0.05) is 24.3 Å². The minimum absolute atomic E-state index is 0.0389. The molecule has 0 saturated carbocycles. The van der Waals surface area contributed by atoms with Gasteiger partial charge in [0.15, 0.2) is 18.1 Å². The predicted molar refractivity (Wildman–Crippen MR) is 100 cm³/mol. The number of fused-ring (bicyclic) bond motifs is 1. The van der Waals surface area contributed by atoms with E-state index in [-0.39, 0.29) is 23.1 Å². The quantitative estimate of drug-likeness (QED) is 0.712. The summed E-state index contributed by atoms with van der Waals surface area (Å²) in [5.74, 6) is -1.42. The van der Waals surface area contributed by atoms with E-state index in [1.165, 1.54) is 30.9 Å². The Morgan fingerprint density at radius 3 is 2.72 bits per heavy atom. The number of nitrogens with one attached hydrogen (secondary N) is 1. The molecule has 0 aromatic heterocycles. The van der Waals surface area contributed by atoms with Crippen LogP contribution in [0.15, 0.2) is 42.5 Å². The van der Waals surface area contributed by atoms with Crippen LogP contribution in [0.25, 0.3) is 0 Å². The lowest BCUT2D eigenvalue weighted by atomic mass is 9.88. The van der Waals surface area contributed by atoms with E-state index >= 15 is 0 Å². The minimum Gasteiger partial charge on any atom is -0.493 e. The van der Waals surface area contributed by atoms with Crippen molar-refractivity contribution in [3.05, 3.63) is 59.2 Å². The number of benzene rings is 2. The van der Waals surface area contributed by atoms with E-state index < -0.39 is 25.1 Å². The van der Waals surface area contributed by atoms with Gasteiger partial charge in [-0.15, -0.1) is 0 Å². The van der Waals surface area contributed by atoms with Gasteiger partial charge in [0.1, 0.15) is 0 Å². The monoisotopic (exact) mass is 405 g/mol. The molecule has 0 radical (unpaired) electrons. The number of hydrogen-bond donors (Lipinski definition) is 1. The normalized spacial score (nSPS) is 15.4. The van der Waals surface area contributed by atoms with Crippen LogP contribution < -0.4 is 14.8 Å². The van der Waals surface area contributed by atoms with Gasteiger partial charge in [0, 0.05) is 0 Å². The van der Waals surface area contributed by atoms with E-state index in [0.29, 0.717) is 0 Å². The summed E-state index contributed by atoms with van der Waals surface area (Å²) in [6, 6.07) is 11.5. The highest BCUT2D eigenvalue weighted by Crippen LogP contribution is 2.30. The number of methoxy groups -OCH3 is 1. The molecule has 1 aliphatic rings. The Morgan fingerprint density at radius 1 is 1.17 bits per heavy atom. The molecule has 1 aliphatic carbocycles. The van der Waals surface area contributed by atoms with Gasteiger partial charge in [-0.25, -0.2) is 4.79 Å². The van der Waals surface area contributed by atoms with Crippen LogP contribution in [-0.2, 0) is 16.0 Å². The number of aryl methyl sites for hydroxylation is 1. The zero-order chi connectivity index (χ0) is 20.8. The Bertz CT molecular complexity index is 887. The van der Waals surface area contributed by atoms with Crippen molar-refractivity contribution in [1.82, 2.24) is 5.32 Å². The molecule has 0 bridgehead atoms. The molecular formula is C21H21F2NO5. The predicted octanol–water partition coefficient (Wildman–Crippen LogP) is 3.65. The molecular weight excluding hydrogens is 384 g/mol. The van der Waals surface area contributed by atoms with Crippen LogP contribution in [0.1, 0.15) is 40.4 Å². The summed E-state index contributed by atoms with van der Waals surface area (Å²) in [5, 5.41) is 2.89. The first-order valence-electron chi connectivity index (χ1n) is 9.15. The molecule has 3 rings (SSSR count). The van der Waals surface area contributed by atoms with Crippen molar-refractivity contribution in [2.75, 3.05) is 13.7 Å². The third-order valence-electron chi connectivity index (χ3n) is 4.65. The number of carbonyl (C=O) groups excluding carboxylic acids is 2. The molecule has 6 nitrogen and oxygen atoms in total. The Balaban J connectivity index is 1.57. The number of hydrogen-bond acceptors (Lipinski definition) is 5. The van der Waals surface area contributed by atoms with Crippen LogP contribution >= 0.6 is 0 Å². The van der Waals surface area contributed by atoms with Crippen molar-refractivity contribution in [2.24, 2.45) is 0 Å². The molecule has 1 atom stereocenters. The number of esters is 1. The third kappa shape index (κ3) is 5.22. The summed E-state index contributed by atoms with van der Waals surface area (Å²) in [7, 11) is 1.26. The van der Waals surface area contributed by atoms with Gasteiger partial charge in [-0.3, -0.25) is 4.79 Å². The number of halogens is 2. The van der Waals surface area contributed by atoms with E-state index in [4.69, 9.17) is 9.47 Å². The molecule has 0 spiro atoms. The molecule has 2 aromatic carbocycles. The molecule has 0 saturated heterocycles. The molecule has 0 fully saturated rings. The van der Waals surface area contributed by atoms with Crippen molar-refractivity contribution >= 4 is 11.9 Å². The highest BCUT2D eigenvalue weighted by molar-refractivity contribution is 5.92. The third-order valence-corrected chi connectivity index (χ3v) is 4.65.